The number of carbonyl (C=O) groups is 1. The van der Waals surface area contributed by atoms with Crippen molar-refractivity contribution >= 4 is 17.2 Å². The van der Waals surface area contributed by atoms with Crippen LogP contribution in [0.25, 0.3) is 0 Å². The zero-order valence-electron chi connectivity index (χ0n) is 14.4. The fraction of sp³-hybridized carbons (Fsp3) is 0.722. The molecule has 1 unspecified atom stereocenters. The number of carbonyl (C=O) groups excluding carboxylic acids is 1. The van der Waals surface area contributed by atoms with Crippen LogP contribution in [0.5, 0.6) is 0 Å². The molecule has 2 heterocycles. The van der Waals surface area contributed by atoms with Crippen molar-refractivity contribution in [2.24, 2.45) is 5.92 Å². The maximum absolute atomic E-state index is 12.1. The maximum Gasteiger partial charge on any atom is 0.220 e. The first kappa shape index (κ1) is 18.4. The molecule has 2 rings (SSSR count). The van der Waals surface area contributed by atoms with Gasteiger partial charge in [0.2, 0.25) is 5.91 Å². The molecule has 130 valence electrons. The van der Waals surface area contributed by atoms with Crippen LogP contribution in [0, 0.1) is 5.92 Å². The molecule has 4 nitrogen and oxygen atoms in total. The van der Waals surface area contributed by atoms with Gasteiger partial charge in [0.15, 0.2) is 0 Å². The van der Waals surface area contributed by atoms with Gasteiger partial charge in [0.25, 0.3) is 0 Å². The molecule has 1 atom stereocenters. The number of amides is 1. The van der Waals surface area contributed by atoms with Gasteiger partial charge in [-0.25, -0.2) is 0 Å². The van der Waals surface area contributed by atoms with Crippen molar-refractivity contribution in [1.29, 1.82) is 0 Å². The molecule has 0 bridgehead atoms. The van der Waals surface area contributed by atoms with Crippen molar-refractivity contribution in [3.63, 3.8) is 0 Å². The van der Waals surface area contributed by atoms with E-state index in [1.54, 1.807) is 11.3 Å². The molecule has 1 aromatic heterocycles. The van der Waals surface area contributed by atoms with Crippen LogP contribution in [-0.4, -0.2) is 49.7 Å². The fourth-order valence-corrected chi connectivity index (χ4v) is 3.80. The molecule has 0 aromatic carbocycles. The molecule has 1 amide bonds. The Morgan fingerprint density at radius 1 is 1.39 bits per heavy atom. The minimum absolute atomic E-state index is 0.184. The van der Waals surface area contributed by atoms with Crippen LogP contribution < -0.4 is 5.32 Å². The molecule has 23 heavy (non-hydrogen) atoms. The third kappa shape index (κ3) is 7.02. The molecule has 1 aliphatic rings. The van der Waals surface area contributed by atoms with E-state index in [-0.39, 0.29) is 5.91 Å². The van der Waals surface area contributed by atoms with E-state index in [1.807, 2.05) is 0 Å². The van der Waals surface area contributed by atoms with E-state index in [4.69, 9.17) is 4.74 Å². The summed E-state index contributed by atoms with van der Waals surface area (Å²) < 4.78 is 5.44. The summed E-state index contributed by atoms with van der Waals surface area (Å²) in [7, 11) is 0. The van der Waals surface area contributed by atoms with Gasteiger partial charge >= 0.3 is 0 Å². The number of hydrogen-bond acceptors (Lipinski definition) is 4. The molecule has 1 N–H and O–H groups in total. The second-order valence-corrected chi connectivity index (χ2v) is 7.70. The number of nitrogens with zero attached hydrogens (tertiary/aromatic N) is 1. The van der Waals surface area contributed by atoms with Crippen molar-refractivity contribution in [2.75, 3.05) is 32.8 Å². The van der Waals surface area contributed by atoms with Gasteiger partial charge in [0.1, 0.15) is 0 Å². The molecule has 5 heteroatoms. The van der Waals surface area contributed by atoms with Crippen LogP contribution in [0.3, 0.4) is 0 Å². The van der Waals surface area contributed by atoms with E-state index in [0.717, 1.165) is 52.1 Å². The van der Waals surface area contributed by atoms with Crippen molar-refractivity contribution in [3.8, 4) is 0 Å². The third-order valence-electron chi connectivity index (χ3n) is 4.25. The van der Waals surface area contributed by atoms with E-state index in [2.05, 4.69) is 41.6 Å². The number of aryl methyl sites for hydroxylation is 1. The average molecular weight is 339 g/mol. The SMILES string of the molecule is CC(C)CC(CNC(=O)CCCc1cccs1)N1CCOCC1. The highest BCUT2D eigenvalue weighted by Gasteiger charge is 2.22. The van der Waals surface area contributed by atoms with E-state index < -0.39 is 0 Å². The molecular formula is C18H30N2O2S. The van der Waals surface area contributed by atoms with E-state index in [1.165, 1.54) is 4.88 Å². The van der Waals surface area contributed by atoms with Crippen LogP contribution in [0.15, 0.2) is 17.5 Å². The summed E-state index contributed by atoms with van der Waals surface area (Å²) in [4.78, 5) is 15.9. The predicted molar refractivity (Wildman–Crippen MR) is 95.9 cm³/mol. The Hall–Kier alpha value is -0.910. The molecule has 0 saturated carbocycles. The summed E-state index contributed by atoms with van der Waals surface area (Å²) in [5.41, 5.74) is 0. The second kappa shape index (κ2) is 10.1. The fourth-order valence-electron chi connectivity index (χ4n) is 3.05. The Balaban J connectivity index is 1.69. The van der Waals surface area contributed by atoms with Gasteiger partial charge in [0.05, 0.1) is 13.2 Å². The lowest BCUT2D eigenvalue weighted by Gasteiger charge is -2.35. The normalized spacial score (nSPS) is 17.3. The summed E-state index contributed by atoms with van der Waals surface area (Å²) in [5, 5.41) is 5.24. The number of hydrogen-bond donors (Lipinski definition) is 1. The Kier molecular flexibility index (Phi) is 8.06. The first-order chi connectivity index (χ1) is 11.1. The summed E-state index contributed by atoms with van der Waals surface area (Å²) >= 11 is 1.77. The lowest BCUT2D eigenvalue weighted by atomic mass is 10.0. The molecule has 0 spiro atoms. The van der Waals surface area contributed by atoms with Crippen LogP contribution in [0.4, 0.5) is 0 Å². The summed E-state index contributed by atoms with van der Waals surface area (Å²) in [6.07, 6.45) is 3.67. The highest BCUT2D eigenvalue weighted by atomic mass is 32.1. The predicted octanol–water partition coefficient (Wildman–Crippen LogP) is 2.93. The smallest absolute Gasteiger partial charge is 0.220 e. The van der Waals surface area contributed by atoms with Gasteiger partial charge in [-0.05, 0) is 36.6 Å². The zero-order chi connectivity index (χ0) is 16.5. The summed E-state index contributed by atoms with van der Waals surface area (Å²) in [6.45, 7) is 8.83. The maximum atomic E-state index is 12.1. The molecule has 0 radical (unpaired) electrons. The molecule has 1 aliphatic heterocycles. The third-order valence-corrected chi connectivity index (χ3v) is 5.18. The quantitative estimate of drug-likeness (QED) is 0.753. The zero-order valence-corrected chi connectivity index (χ0v) is 15.2. The van der Waals surface area contributed by atoms with Crippen LogP contribution in [-0.2, 0) is 16.0 Å². The first-order valence-corrected chi connectivity index (χ1v) is 9.64. The Bertz CT molecular complexity index is 442. The van der Waals surface area contributed by atoms with Crippen molar-refractivity contribution < 1.29 is 9.53 Å². The van der Waals surface area contributed by atoms with Gasteiger partial charge in [-0.1, -0.05) is 19.9 Å². The lowest BCUT2D eigenvalue weighted by molar-refractivity contribution is -0.121. The number of ether oxygens (including phenoxy) is 1. The van der Waals surface area contributed by atoms with E-state index >= 15 is 0 Å². The van der Waals surface area contributed by atoms with Gasteiger partial charge in [-0.3, -0.25) is 9.69 Å². The minimum atomic E-state index is 0.184. The molecule has 1 fully saturated rings. The van der Waals surface area contributed by atoms with Gasteiger partial charge < -0.3 is 10.1 Å². The topological polar surface area (TPSA) is 41.6 Å². The molecular weight excluding hydrogens is 308 g/mol. The Morgan fingerprint density at radius 2 is 2.17 bits per heavy atom. The highest BCUT2D eigenvalue weighted by Crippen LogP contribution is 2.14. The standard InChI is InChI=1S/C18H30N2O2S/c1-15(2)13-16(20-8-10-22-11-9-20)14-19-18(21)7-3-5-17-6-4-12-23-17/h4,6,12,15-16H,3,5,7-11,13-14H2,1-2H3,(H,19,21). The molecule has 1 aromatic rings. The molecule has 1 saturated heterocycles. The van der Waals surface area contributed by atoms with Gasteiger partial charge in [-0.15, -0.1) is 11.3 Å². The average Bonchev–Trinajstić information content (AvgIpc) is 3.05. The van der Waals surface area contributed by atoms with Gasteiger partial charge in [0, 0.05) is 37.0 Å². The van der Waals surface area contributed by atoms with Gasteiger partial charge in [-0.2, -0.15) is 0 Å². The summed E-state index contributed by atoms with van der Waals surface area (Å²) in [6, 6.07) is 4.64. The van der Waals surface area contributed by atoms with Crippen molar-refractivity contribution in [3.05, 3.63) is 22.4 Å². The van der Waals surface area contributed by atoms with Crippen LogP contribution in [0.1, 0.15) is 38.0 Å². The van der Waals surface area contributed by atoms with Crippen molar-refractivity contribution in [2.45, 2.75) is 45.6 Å². The second-order valence-electron chi connectivity index (χ2n) is 6.67. The lowest BCUT2D eigenvalue weighted by Crippen LogP contribution is -2.49. The highest BCUT2D eigenvalue weighted by molar-refractivity contribution is 7.09. The number of nitrogens with one attached hydrogen (secondary N) is 1. The largest absolute Gasteiger partial charge is 0.379 e. The Morgan fingerprint density at radius 3 is 2.83 bits per heavy atom. The number of morpholine rings is 1. The van der Waals surface area contributed by atoms with Crippen LogP contribution >= 0.6 is 11.3 Å². The summed E-state index contributed by atoms with van der Waals surface area (Å²) in [5.74, 6) is 0.821. The minimum Gasteiger partial charge on any atom is -0.379 e. The monoisotopic (exact) mass is 338 g/mol. The first-order valence-electron chi connectivity index (χ1n) is 8.76. The van der Waals surface area contributed by atoms with Crippen LogP contribution in [0.2, 0.25) is 0 Å². The Labute approximate surface area is 144 Å². The molecule has 0 aliphatic carbocycles. The van der Waals surface area contributed by atoms with E-state index in [0.29, 0.717) is 18.4 Å². The van der Waals surface area contributed by atoms with E-state index in [9.17, 15) is 4.79 Å². The number of rotatable bonds is 9. The van der Waals surface area contributed by atoms with Crippen molar-refractivity contribution in [1.82, 2.24) is 10.2 Å². The number of thiophene rings is 1.